The third kappa shape index (κ3) is 2.86. The normalized spacial score (nSPS) is 12.5. The molecule has 0 aromatic heterocycles. The van der Waals surface area contributed by atoms with Gasteiger partial charge in [-0.25, -0.2) is 4.39 Å². The molecule has 70 valence electrons. The first-order valence-electron chi connectivity index (χ1n) is 4.02. The molecule has 0 aliphatic rings. The van der Waals surface area contributed by atoms with Gasteiger partial charge in [0.2, 0.25) is 0 Å². The van der Waals surface area contributed by atoms with E-state index in [0.29, 0.717) is 5.56 Å². The van der Waals surface area contributed by atoms with Crippen LogP contribution in [0.5, 0.6) is 5.75 Å². The van der Waals surface area contributed by atoms with Crippen LogP contribution < -0.4 is 0 Å². The molecule has 0 aliphatic heterocycles. The largest absolute Gasteiger partial charge is 0.508 e. The molecule has 1 rings (SSSR count). The van der Waals surface area contributed by atoms with E-state index in [1.54, 1.807) is 12.1 Å². The first-order valence-corrected chi connectivity index (χ1v) is 4.02. The summed E-state index contributed by atoms with van der Waals surface area (Å²) in [5.41, 5.74) is 0.709. The van der Waals surface area contributed by atoms with Crippen LogP contribution in [0.1, 0.15) is 12.5 Å². The third-order valence-corrected chi connectivity index (χ3v) is 1.79. The first kappa shape index (κ1) is 9.71. The van der Waals surface area contributed by atoms with Crippen LogP contribution in [0.2, 0.25) is 0 Å². The number of hydrogen-bond donors (Lipinski definition) is 1. The fourth-order valence-electron chi connectivity index (χ4n) is 0.983. The average molecular weight is 182 g/mol. The second-order valence-electron chi connectivity index (χ2n) is 2.95. The molecule has 1 aromatic rings. The number of hydrogen-bond acceptors (Lipinski definition) is 2. The molecule has 0 saturated carbocycles. The van der Waals surface area contributed by atoms with Crippen molar-refractivity contribution >= 4 is 5.78 Å². The highest BCUT2D eigenvalue weighted by molar-refractivity contribution is 5.80. The number of ketones is 1. The molecule has 1 unspecified atom stereocenters. The smallest absolute Gasteiger partial charge is 0.164 e. The predicted octanol–water partition coefficient (Wildman–Crippen LogP) is 1.86. The van der Waals surface area contributed by atoms with E-state index in [-0.39, 0.29) is 12.2 Å². The molecule has 0 fully saturated rings. The topological polar surface area (TPSA) is 37.3 Å². The Hall–Kier alpha value is -1.38. The number of benzene rings is 1. The van der Waals surface area contributed by atoms with Crippen LogP contribution in [-0.4, -0.2) is 17.1 Å². The van der Waals surface area contributed by atoms with Gasteiger partial charge in [-0.2, -0.15) is 0 Å². The van der Waals surface area contributed by atoms with Crippen molar-refractivity contribution in [3.8, 4) is 5.75 Å². The van der Waals surface area contributed by atoms with E-state index in [2.05, 4.69) is 0 Å². The Morgan fingerprint density at radius 2 is 2.00 bits per heavy atom. The van der Waals surface area contributed by atoms with Gasteiger partial charge < -0.3 is 5.11 Å². The molecule has 0 heterocycles. The van der Waals surface area contributed by atoms with E-state index in [4.69, 9.17) is 5.11 Å². The minimum atomic E-state index is -1.44. The predicted molar refractivity (Wildman–Crippen MR) is 47.4 cm³/mol. The van der Waals surface area contributed by atoms with Crippen molar-refractivity contribution in [2.45, 2.75) is 19.5 Å². The second-order valence-corrected chi connectivity index (χ2v) is 2.95. The summed E-state index contributed by atoms with van der Waals surface area (Å²) in [6, 6.07) is 6.15. The van der Waals surface area contributed by atoms with Crippen molar-refractivity contribution in [2.75, 3.05) is 0 Å². The summed E-state index contributed by atoms with van der Waals surface area (Å²) >= 11 is 0. The van der Waals surface area contributed by atoms with Crippen molar-refractivity contribution in [3.63, 3.8) is 0 Å². The molecule has 0 saturated heterocycles. The molecule has 13 heavy (non-hydrogen) atoms. The SMILES string of the molecule is CC(=O)C(F)Cc1ccc(O)cc1. The Morgan fingerprint density at radius 1 is 1.46 bits per heavy atom. The van der Waals surface area contributed by atoms with Crippen LogP contribution in [0.3, 0.4) is 0 Å². The lowest BCUT2D eigenvalue weighted by Crippen LogP contribution is -2.14. The van der Waals surface area contributed by atoms with Crippen LogP contribution >= 0.6 is 0 Å². The maximum atomic E-state index is 12.9. The first-order chi connectivity index (χ1) is 6.09. The van der Waals surface area contributed by atoms with E-state index in [0.717, 1.165) is 0 Å². The van der Waals surface area contributed by atoms with Gasteiger partial charge in [0.1, 0.15) is 5.75 Å². The van der Waals surface area contributed by atoms with E-state index < -0.39 is 12.0 Å². The average Bonchev–Trinajstić information content (AvgIpc) is 2.08. The fraction of sp³-hybridized carbons (Fsp3) is 0.300. The molecular weight excluding hydrogens is 171 g/mol. The molecule has 2 nitrogen and oxygen atoms in total. The van der Waals surface area contributed by atoms with Crippen LogP contribution in [-0.2, 0) is 11.2 Å². The number of carbonyl (C=O) groups excluding carboxylic acids is 1. The summed E-state index contributed by atoms with van der Waals surface area (Å²) in [7, 11) is 0. The highest BCUT2D eigenvalue weighted by Gasteiger charge is 2.12. The molecule has 1 aromatic carbocycles. The molecule has 0 aliphatic carbocycles. The fourth-order valence-corrected chi connectivity index (χ4v) is 0.983. The van der Waals surface area contributed by atoms with Crippen LogP contribution in [0, 0.1) is 0 Å². The van der Waals surface area contributed by atoms with Gasteiger partial charge in [0.25, 0.3) is 0 Å². The molecule has 0 bridgehead atoms. The summed E-state index contributed by atoms with van der Waals surface area (Å²) in [4.78, 5) is 10.6. The number of Topliss-reactive ketones (excluding diaryl/α,β-unsaturated/α-hetero) is 1. The van der Waals surface area contributed by atoms with Gasteiger partial charge in [-0.1, -0.05) is 12.1 Å². The van der Waals surface area contributed by atoms with E-state index >= 15 is 0 Å². The molecule has 0 radical (unpaired) electrons. The zero-order chi connectivity index (χ0) is 9.84. The Labute approximate surface area is 76.0 Å². The van der Waals surface area contributed by atoms with E-state index in [1.807, 2.05) is 0 Å². The number of alkyl halides is 1. The number of phenols is 1. The number of aromatic hydroxyl groups is 1. The minimum Gasteiger partial charge on any atom is -0.508 e. The molecule has 1 N–H and O–H groups in total. The van der Waals surface area contributed by atoms with E-state index in [1.165, 1.54) is 19.1 Å². The Kier molecular flexibility index (Phi) is 3.01. The molecule has 0 amide bonds. The van der Waals surface area contributed by atoms with Crippen LogP contribution in [0.4, 0.5) is 4.39 Å². The monoisotopic (exact) mass is 182 g/mol. The Morgan fingerprint density at radius 3 is 2.46 bits per heavy atom. The van der Waals surface area contributed by atoms with Gasteiger partial charge in [-0.15, -0.1) is 0 Å². The van der Waals surface area contributed by atoms with Gasteiger partial charge in [0, 0.05) is 6.42 Å². The second kappa shape index (κ2) is 4.03. The summed E-state index contributed by atoms with van der Waals surface area (Å²) in [6.07, 6.45) is -1.36. The number of halogens is 1. The third-order valence-electron chi connectivity index (χ3n) is 1.79. The zero-order valence-electron chi connectivity index (χ0n) is 7.33. The number of rotatable bonds is 3. The number of carbonyl (C=O) groups is 1. The van der Waals surface area contributed by atoms with E-state index in [9.17, 15) is 9.18 Å². The van der Waals surface area contributed by atoms with Crippen LogP contribution in [0.25, 0.3) is 0 Å². The van der Waals surface area contributed by atoms with Gasteiger partial charge >= 0.3 is 0 Å². The van der Waals surface area contributed by atoms with Crippen molar-refractivity contribution in [3.05, 3.63) is 29.8 Å². The van der Waals surface area contributed by atoms with Gasteiger partial charge in [0.05, 0.1) is 0 Å². The standard InChI is InChI=1S/C10H11FO2/c1-7(12)10(11)6-8-2-4-9(13)5-3-8/h2-5,10,13H,6H2,1H3. The summed E-state index contributed by atoms with van der Waals surface area (Å²) in [5.74, 6) is -0.324. The lowest BCUT2D eigenvalue weighted by Gasteiger charge is -2.03. The summed E-state index contributed by atoms with van der Waals surface area (Å²) in [5, 5.41) is 8.94. The zero-order valence-corrected chi connectivity index (χ0v) is 7.33. The van der Waals surface area contributed by atoms with Gasteiger partial charge in [-0.3, -0.25) is 4.79 Å². The van der Waals surface area contributed by atoms with Crippen LogP contribution in [0.15, 0.2) is 24.3 Å². The highest BCUT2D eigenvalue weighted by atomic mass is 19.1. The maximum absolute atomic E-state index is 12.9. The van der Waals surface area contributed by atoms with Crippen molar-refractivity contribution < 1.29 is 14.3 Å². The highest BCUT2D eigenvalue weighted by Crippen LogP contribution is 2.12. The Bertz CT molecular complexity index is 292. The quantitative estimate of drug-likeness (QED) is 0.774. The van der Waals surface area contributed by atoms with Gasteiger partial charge in [0.15, 0.2) is 12.0 Å². The minimum absolute atomic E-state index is 0.0790. The maximum Gasteiger partial charge on any atom is 0.164 e. The molecular formula is C10H11FO2. The van der Waals surface area contributed by atoms with Crippen molar-refractivity contribution in [1.82, 2.24) is 0 Å². The lowest BCUT2D eigenvalue weighted by atomic mass is 10.1. The number of phenolic OH excluding ortho intramolecular Hbond substituents is 1. The van der Waals surface area contributed by atoms with Crippen molar-refractivity contribution in [1.29, 1.82) is 0 Å². The lowest BCUT2D eigenvalue weighted by molar-refractivity contribution is -0.121. The molecule has 3 heteroatoms. The molecule has 1 atom stereocenters. The van der Waals surface area contributed by atoms with Gasteiger partial charge in [-0.05, 0) is 24.6 Å². The Balaban J connectivity index is 2.64. The summed E-state index contributed by atoms with van der Waals surface area (Å²) < 4.78 is 12.9. The summed E-state index contributed by atoms with van der Waals surface area (Å²) in [6.45, 7) is 1.23. The van der Waals surface area contributed by atoms with Crippen molar-refractivity contribution in [2.24, 2.45) is 0 Å². The molecule has 0 spiro atoms.